The van der Waals surface area contributed by atoms with Gasteiger partial charge in [0.2, 0.25) is 0 Å². The third-order valence-corrected chi connectivity index (χ3v) is 1.72. The zero-order valence-electron chi connectivity index (χ0n) is 8.43. The van der Waals surface area contributed by atoms with E-state index in [4.69, 9.17) is 0 Å². The average molecular weight is 204 g/mol. The molecular weight excluding hydrogens is 192 g/mol. The summed E-state index contributed by atoms with van der Waals surface area (Å²) in [6.07, 6.45) is 3.59. The quantitative estimate of drug-likeness (QED) is 0.341. The summed E-state index contributed by atoms with van der Waals surface area (Å²) in [5.74, 6) is -0.377. The van der Waals surface area contributed by atoms with E-state index < -0.39 is 0 Å². The summed E-state index contributed by atoms with van der Waals surface area (Å²) in [4.78, 5) is 26.0. The van der Waals surface area contributed by atoms with E-state index in [2.05, 4.69) is 10.3 Å². The van der Waals surface area contributed by atoms with Crippen molar-refractivity contribution in [1.29, 1.82) is 0 Å². The minimum atomic E-state index is -0.377. The maximum Gasteiger partial charge on any atom is 0.254 e. The number of nitrogens with one attached hydrogen (secondary N) is 1. The van der Waals surface area contributed by atoms with Crippen LogP contribution < -0.4 is 5.32 Å². The van der Waals surface area contributed by atoms with E-state index >= 15 is 0 Å². The van der Waals surface area contributed by atoms with Gasteiger partial charge in [-0.05, 0) is 25.1 Å². The van der Waals surface area contributed by atoms with Crippen molar-refractivity contribution in [3.8, 4) is 0 Å². The van der Waals surface area contributed by atoms with Crippen LogP contribution in [0.1, 0.15) is 12.6 Å². The van der Waals surface area contributed by atoms with Crippen molar-refractivity contribution in [3.63, 3.8) is 0 Å². The molecule has 0 aliphatic heterocycles. The van der Waals surface area contributed by atoms with Crippen LogP contribution in [0, 0.1) is 0 Å². The summed E-state index contributed by atoms with van der Waals surface area (Å²) in [5.41, 5.74) is 0.668. The van der Waals surface area contributed by atoms with Crippen LogP contribution in [-0.2, 0) is 9.59 Å². The van der Waals surface area contributed by atoms with Crippen molar-refractivity contribution in [3.05, 3.63) is 35.7 Å². The molecule has 0 radical (unpaired) electrons. The molecule has 1 N–H and O–H groups in total. The highest BCUT2D eigenvalue weighted by Gasteiger charge is 2.06. The fraction of sp³-hybridized carbons (Fsp3) is 0.182. The number of likely N-dealkylation sites (N-methyl/N-ethyl adjacent to an activating group) is 1. The van der Waals surface area contributed by atoms with E-state index in [1.807, 2.05) is 0 Å². The zero-order valence-corrected chi connectivity index (χ0v) is 8.43. The van der Waals surface area contributed by atoms with Crippen LogP contribution >= 0.6 is 0 Å². The van der Waals surface area contributed by atoms with E-state index in [1.54, 1.807) is 31.3 Å². The fourth-order valence-electron chi connectivity index (χ4n) is 1.04. The minimum Gasteiger partial charge on any atom is -0.352 e. The Labute approximate surface area is 88.0 Å². The van der Waals surface area contributed by atoms with Gasteiger partial charge in [-0.25, -0.2) is 0 Å². The van der Waals surface area contributed by atoms with Crippen molar-refractivity contribution in [1.82, 2.24) is 10.3 Å². The van der Waals surface area contributed by atoms with Gasteiger partial charge in [-0.15, -0.1) is 0 Å². The standard InChI is InChI=1S/C11H12N2O2/c1-2-12-11(15)9(8-14)7-10-5-3-4-6-13-10/h3-8H,2H2,1H3,(H,12,15). The van der Waals surface area contributed by atoms with Gasteiger partial charge in [0.25, 0.3) is 5.91 Å². The van der Waals surface area contributed by atoms with Crippen LogP contribution in [0.15, 0.2) is 30.0 Å². The Balaban J connectivity index is 2.87. The van der Waals surface area contributed by atoms with Crippen LogP contribution in [0.5, 0.6) is 0 Å². The van der Waals surface area contributed by atoms with Crippen LogP contribution in [0.2, 0.25) is 0 Å². The molecule has 0 bridgehead atoms. The molecule has 0 fully saturated rings. The first kappa shape index (κ1) is 11.1. The molecular formula is C11H12N2O2. The number of rotatable bonds is 4. The van der Waals surface area contributed by atoms with E-state index in [9.17, 15) is 9.59 Å². The van der Waals surface area contributed by atoms with E-state index in [1.165, 1.54) is 6.08 Å². The molecule has 1 aromatic heterocycles. The summed E-state index contributed by atoms with van der Waals surface area (Å²) in [6, 6.07) is 5.28. The molecule has 0 saturated carbocycles. The minimum absolute atomic E-state index is 0.0792. The second-order valence-corrected chi connectivity index (χ2v) is 2.83. The second-order valence-electron chi connectivity index (χ2n) is 2.83. The molecule has 0 aliphatic rings. The Bertz CT molecular complexity index is 371. The molecule has 1 amide bonds. The Morgan fingerprint density at radius 1 is 1.53 bits per heavy atom. The maximum absolute atomic E-state index is 11.3. The van der Waals surface area contributed by atoms with E-state index in [-0.39, 0.29) is 11.5 Å². The van der Waals surface area contributed by atoms with Gasteiger partial charge in [-0.3, -0.25) is 14.6 Å². The average Bonchev–Trinajstić information content (AvgIpc) is 2.27. The third kappa shape index (κ3) is 3.34. The predicted octanol–water partition coefficient (Wildman–Crippen LogP) is 0.800. The molecule has 0 aliphatic carbocycles. The number of aromatic nitrogens is 1. The van der Waals surface area contributed by atoms with Gasteiger partial charge < -0.3 is 5.32 Å². The highest BCUT2D eigenvalue weighted by atomic mass is 16.2. The number of carbonyl (C=O) groups excluding carboxylic acids is 2. The third-order valence-electron chi connectivity index (χ3n) is 1.72. The highest BCUT2D eigenvalue weighted by molar-refractivity contribution is 6.14. The molecule has 0 unspecified atom stereocenters. The topological polar surface area (TPSA) is 59.1 Å². The molecule has 0 atom stereocenters. The van der Waals surface area contributed by atoms with E-state index in [0.29, 0.717) is 18.5 Å². The summed E-state index contributed by atoms with van der Waals surface area (Å²) in [5, 5.41) is 2.55. The molecule has 0 saturated heterocycles. The lowest BCUT2D eigenvalue weighted by Crippen LogP contribution is -2.24. The Hall–Kier alpha value is -1.97. The molecule has 15 heavy (non-hydrogen) atoms. The lowest BCUT2D eigenvalue weighted by atomic mass is 10.2. The largest absolute Gasteiger partial charge is 0.352 e. The highest BCUT2D eigenvalue weighted by Crippen LogP contribution is 2.01. The normalized spacial score (nSPS) is 10.9. The summed E-state index contributed by atoms with van der Waals surface area (Å²) in [7, 11) is 0. The molecule has 1 rings (SSSR count). The molecule has 4 heteroatoms. The first-order valence-electron chi connectivity index (χ1n) is 4.64. The van der Waals surface area contributed by atoms with Crippen molar-refractivity contribution >= 4 is 18.3 Å². The molecule has 4 nitrogen and oxygen atoms in total. The van der Waals surface area contributed by atoms with Crippen LogP contribution in [0.4, 0.5) is 0 Å². The molecule has 78 valence electrons. The zero-order chi connectivity index (χ0) is 11.1. The predicted molar refractivity (Wildman–Crippen MR) is 57.0 cm³/mol. The van der Waals surface area contributed by atoms with Crippen LogP contribution in [0.25, 0.3) is 6.08 Å². The first-order chi connectivity index (χ1) is 7.27. The monoisotopic (exact) mass is 204 g/mol. The Kier molecular flexibility index (Phi) is 4.22. The molecule has 1 aromatic rings. The van der Waals surface area contributed by atoms with Gasteiger partial charge in [0.15, 0.2) is 6.29 Å². The van der Waals surface area contributed by atoms with Crippen molar-refractivity contribution in [2.75, 3.05) is 6.54 Å². The first-order valence-corrected chi connectivity index (χ1v) is 4.64. The summed E-state index contributed by atoms with van der Waals surface area (Å²) in [6.45, 7) is 2.29. The number of nitrogens with zero attached hydrogens (tertiary/aromatic N) is 1. The Morgan fingerprint density at radius 3 is 2.87 bits per heavy atom. The van der Waals surface area contributed by atoms with E-state index in [0.717, 1.165) is 0 Å². The van der Waals surface area contributed by atoms with Gasteiger partial charge in [0, 0.05) is 12.7 Å². The molecule has 0 spiro atoms. The maximum atomic E-state index is 11.3. The number of pyridine rings is 1. The smallest absolute Gasteiger partial charge is 0.254 e. The number of amides is 1. The Morgan fingerprint density at radius 2 is 2.33 bits per heavy atom. The second kappa shape index (κ2) is 5.70. The number of aldehydes is 1. The summed E-state index contributed by atoms with van der Waals surface area (Å²) < 4.78 is 0. The number of hydrogen-bond donors (Lipinski definition) is 1. The van der Waals surface area contributed by atoms with Gasteiger partial charge in [-0.1, -0.05) is 6.07 Å². The van der Waals surface area contributed by atoms with Crippen LogP contribution in [-0.4, -0.2) is 23.7 Å². The van der Waals surface area contributed by atoms with Crippen molar-refractivity contribution in [2.24, 2.45) is 0 Å². The molecule has 0 aromatic carbocycles. The SMILES string of the molecule is CCNC(=O)C(C=O)=Cc1ccccn1. The van der Waals surface area contributed by atoms with Gasteiger partial charge >= 0.3 is 0 Å². The van der Waals surface area contributed by atoms with Gasteiger partial charge in [0.05, 0.1) is 11.3 Å². The lowest BCUT2D eigenvalue weighted by molar-refractivity contribution is -0.119. The van der Waals surface area contributed by atoms with Gasteiger partial charge in [-0.2, -0.15) is 0 Å². The lowest BCUT2D eigenvalue weighted by Gasteiger charge is -2.00. The summed E-state index contributed by atoms with van der Waals surface area (Å²) >= 11 is 0. The van der Waals surface area contributed by atoms with Crippen molar-refractivity contribution in [2.45, 2.75) is 6.92 Å². The number of carbonyl (C=O) groups is 2. The van der Waals surface area contributed by atoms with Crippen molar-refractivity contribution < 1.29 is 9.59 Å². The molecule has 1 heterocycles. The fourth-order valence-corrected chi connectivity index (χ4v) is 1.04. The number of hydrogen-bond acceptors (Lipinski definition) is 3. The van der Waals surface area contributed by atoms with Gasteiger partial charge in [0.1, 0.15) is 0 Å². The van der Waals surface area contributed by atoms with Crippen LogP contribution in [0.3, 0.4) is 0 Å².